The zero-order valence-electron chi connectivity index (χ0n) is 17.8. The van der Waals surface area contributed by atoms with E-state index in [1.165, 1.54) is 56.9 Å². The minimum Gasteiger partial charge on any atom is -0.494 e. The summed E-state index contributed by atoms with van der Waals surface area (Å²) >= 11 is 0. The largest absolute Gasteiger partial charge is 0.494 e. The van der Waals surface area contributed by atoms with Gasteiger partial charge in [0.2, 0.25) is 0 Å². The van der Waals surface area contributed by atoms with Crippen LogP contribution in [0.4, 0.5) is 0 Å². The normalized spacial score (nSPS) is 19.5. The molecule has 1 aromatic heterocycles. The lowest BCUT2D eigenvalue weighted by molar-refractivity contribution is 0.252. The van der Waals surface area contributed by atoms with Crippen LogP contribution in [0.3, 0.4) is 0 Å². The number of hydrogen-bond acceptors (Lipinski definition) is 2. The molecule has 0 N–H and O–H groups in total. The first-order chi connectivity index (χ1) is 13.8. The van der Waals surface area contributed by atoms with Gasteiger partial charge in [-0.05, 0) is 67.0 Å². The highest BCUT2D eigenvalue weighted by atomic mass is 16.5. The van der Waals surface area contributed by atoms with E-state index in [-0.39, 0.29) is 0 Å². The molecule has 3 rings (SSSR count). The fraction of sp³-hybridized carbons (Fsp3) is 0.577. The van der Waals surface area contributed by atoms with Gasteiger partial charge >= 0.3 is 0 Å². The van der Waals surface area contributed by atoms with Crippen LogP contribution >= 0.6 is 0 Å². The third-order valence-corrected chi connectivity index (χ3v) is 6.25. The van der Waals surface area contributed by atoms with Gasteiger partial charge in [0.05, 0.1) is 12.3 Å². The minimum absolute atomic E-state index is 0.795. The van der Waals surface area contributed by atoms with Gasteiger partial charge in [0.15, 0.2) is 0 Å². The summed E-state index contributed by atoms with van der Waals surface area (Å²) in [6.45, 7) is 5.29. The summed E-state index contributed by atoms with van der Waals surface area (Å²) in [7, 11) is 0. The molecule has 28 heavy (non-hydrogen) atoms. The summed E-state index contributed by atoms with van der Waals surface area (Å²) in [5.74, 6) is 2.88. The lowest BCUT2D eigenvalue weighted by Crippen LogP contribution is -2.15. The first-order valence-electron chi connectivity index (χ1n) is 11.5. The van der Waals surface area contributed by atoms with Gasteiger partial charge in [-0.2, -0.15) is 0 Å². The molecular weight excluding hydrogens is 342 g/mol. The van der Waals surface area contributed by atoms with Crippen molar-refractivity contribution in [2.45, 2.75) is 78.1 Å². The van der Waals surface area contributed by atoms with Gasteiger partial charge in [0.25, 0.3) is 0 Å². The highest BCUT2D eigenvalue weighted by Crippen LogP contribution is 2.33. The van der Waals surface area contributed by atoms with Gasteiger partial charge < -0.3 is 4.74 Å². The molecule has 1 fully saturated rings. The van der Waals surface area contributed by atoms with Crippen LogP contribution in [0, 0.1) is 11.8 Å². The van der Waals surface area contributed by atoms with Crippen molar-refractivity contribution in [2.75, 3.05) is 6.61 Å². The maximum absolute atomic E-state index is 5.75. The second-order valence-electron chi connectivity index (χ2n) is 8.49. The Labute approximate surface area is 171 Å². The maximum atomic E-state index is 5.75. The van der Waals surface area contributed by atoms with Crippen LogP contribution in [-0.2, 0) is 6.42 Å². The Kier molecular flexibility index (Phi) is 8.39. The van der Waals surface area contributed by atoms with Gasteiger partial charge in [-0.15, -0.1) is 0 Å². The lowest BCUT2D eigenvalue weighted by atomic mass is 9.78. The third kappa shape index (κ3) is 6.36. The predicted molar refractivity (Wildman–Crippen MR) is 119 cm³/mol. The van der Waals surface area contributed by atoms with Crippen molar-refractivity contribution in [1.82, 2.24) is 4.98 Å². The van der Waals surface area contributed by atoms with Crippen LogP contribution in [0.5, 0.6) is 5.75 Å². The molecule has 0 spiro atoms. The summed E-state index contributed by atoms with van der Waals surface area (Å²) in [4.78, 5) is 4.71. The van der Waals surface area contributed by atoms with Crippen molar-refractivity contribution in [1.29, 1.82) is 0 Å². The molecule has 1 aromatic carbocycles. The van der Waals surface area contributed by atoms with Crippen LogP contribution in [0.2, 0.25) is 0 Å². The molecule has 0 aliphatic heterocycles. The monoisotopic (exact) mass is 379 g/mol. The van der Waals surface area contributed by atoms with Crippen LogP contribution in [-0.4, -0.2) is 11.6 Å². The summed E-state index contributed by atoms with van der Waals surface area (Å²) < 4.78 is 5.75. The Hall–Kier alpha value is -1.83. The fourth-order valence-corrected chi connectivity index (χ4v) is 4.39. The van der Waals surface area contributed by atoms with Crippen molar-refractivity contribution in [3.63, 3.8) is 0 Å². The zero-order valence-corrected chi connectivity index (χ0v) is 17.8. The van der Waals surface area contributed by atoms with E-state index in [9.17, 15) is 0 Å². The first-order valence-corrected chi connectivity index (χ1v) is 11.5. The standard InChI is InChI=1S/C26H37NO/c1-3-5-19-28-25-16-14-24(15-17-25)26-18-13-23(20-27-26)12-11-22-9-7-21(6-4-2)8-10-22/h13-18,20-22H,3-12,19H2,1-2H3. The maximum Gasteiger partial charge on any atom is 0.119 e. The molecule has 0 atom stereocenters. The van der Waals surface area contributed by atoms with Gasteiger partial charge in [-0.25, -0.2) is 0 Å². The van der Waals surface area contributed by atoms with Crippen molar-refractivity contribution in [2.24, 2.45) is 11.8 Å². The van der Waals surface area contributed by atoms with E-state index < -0.39 is 0 Å². The SMILES string of the molecule is CCCCOc1ccc(-c2ccc(CCC3CCC(CCC)CC3)cn2)cc1. The topological polar surface area (TPSA) is 22.1 Å². The average molecular weight is 380 g/mol. The molecule has 152 valence electrons. The number of aryl methyl sites for hydroxylation is 1. The smallest absolute Gasteiger partial charge is 0.119 e. The van der Waals surface area contributed by atoms with E-state index in [2.05, 4.69) is 56.4 Å². The molecule has 1 saturated carbocycles. The van der Waals surface area contributed by atoms with Gasteiger partial charge in [0.1, 0.15) is 5.75 Å². The average Bonchev–Trinajstić information content (AvgIpc) is 2.75. The van der Waals surface area contributed by atoms with E-state index in [4.69, 9.17) is 9.72 Å². The van der Waals surface area contributed by atoms with Crippen LogP contribution in [0.25, 0.3) is 11.3 Å². The Bertz CT molecular complexity index is 669. The van der Waals surface area contributed by atoms with Crippen molar-refractivity contribution >= 4 is 0 Å². The summed E-state index contributed by atoms with van der Waals surface area (Å²) in [5, 5.41) is 0. The van der Waals surface area contributed by atoms with Crippen LogP contribution in [0.15, 0.2) is 42.6 Å². The molecule has 2 nitrogen and oxygen atoms in total. The summed E-state index contributed by atoms with van der Waals surface area (Å²) in [6, 6.07) is 12.7. The zero-order chi connectivity index (χ0) is 19.6. The molecule has 0 saturated heterocycles. The Morgan fingerprint density at radius 3 is 2.18 bits per heavy atom. The van der Waals surface area contributed by atoms with E-state index in [1.54, 1.807) is 0 Å². The van der Waals surface area contributed by atoms with Crippen molar-refractivity contribution < 1.29 is 4.74 Å². The van der Waals surface area contributed by atoms with E-state index >= 15 is 0 Å². The molecule has 2 heteroatoms. The molecule has 0 unspecified atom stereocenters. The number of pyridine rings is 1. The number of rotatable bonds is 10. The number of ether oxygens (including phenoxy) is 1. The molecule has 0 bridgehead atoms. The highest BCUT2D eigenvalue weighted by molar-refractivity contribution is 5.60. The number of hydrogen-bond donors (Lipinski definition) is 0. The first kappa shape index (κ1) is 20.9. The van der Waals surface area contributed by atoms with Gasteiger partial charge in [-0.3, -0.25) is 4.98 Å². The van der Waals surface area contributed by atoms with Gasteiger partial charge in [0, 0.05) is 11.8 Å². The van der Waals surface area contributed by atoms with Crippen molar-refractivity contribution in [3.8, 4) is 17.0 Å². The van der Waals surface area contributed by atoms with Crippen LogP contribution < -0.4 is 4.74 Å². The van der Waals surface area contributed by atoms with Crippen molar-refractivity contribution in [3.05, 3.63) is 48.2 Å². The summed E-state index contributed by atoms with van der Waals surface area (Å²) in [5.41, 5.74) is 3.58. The van der Waals surface area contributed by atoms with E-state index in [0.717, 1.165) is 48.3 Å². The van der Waals surface area contributed by atoms with Gasteiger partial charge in [-0.1, -0.05) is 64.9 Å². The Morgan fingerprint density at radius 1 is 0.857 bits per heavy atom. The quantitative estimate of drug-likeness (QED) is 0.399. The number of aromatic nitrogens is 1. The number of nitrogens with zero attached hydrogens (tertiary/aromatic N) is 1. The minimum atomic E-state index is 0.795. The Morgan fingerprint density at radius 2 is 1.57 bits per heavy atom. The number of unbranched alkanes of at least 4 members (excludes halogenated alkanes) is 1. The molecule has 0 amide bonds. The third-order valence-electron chi connectivity index (χ3n) is 6.25. The van der Waals surface area contributed by atoms with Crippen LogP contribution in [0.1, 0.15) is 77.2 Å². The molecule has 1 heterocycles. The lowest BCUT2D eigenvalue weighted by Gasteiger charge is -2.28. The Balaban J connectivity index is 1.46. The highest BCUT2D eigenvalue weighted by Gasteiger charge is 2.20. The molecule has 1 aliphatic rings. The molecule has 0 radical (unpaired) electrons. The fourth-order valence-electron chi connectivity index (χ4n) is 4.39. The second-order valence-corrected chi connectivity index (χ2v) is 8.49. The predicted octanol–water partition coefficient (Wildman–Crippen LogP) is 7.47. The van der Waals surface area contributed by atoms with E-state index in [1.807, 2.05) is 0 Å². The van der Waals surface area contributed by atoms with E-state index in [0.29, 0.717) is 0 Å². The summed E-state index contributed by atoms with van der Waals surface area (Å²) in [6.07, 6.45) is 15.4. The molecular formula is C26H37NO. The molecule has 1 aliphatic carbocycles. The number of benzene rings is 1. The second kappa shape index (κ2) is 11.2. The molecule has 2 aromatic rings.